The number of esters is 1. The quantitative estimate of drug-likeness (QED) is 0.633. The Balaban J connectivity index is 1.86. The first kappa shape index (κ1) is 18.8. The monoisotopic (exact) mass is 384 g/mol. The van der Waals surface area contributed by atoms with Gasteiger partial charge in [0.2, 0.25) is 0 Å². The van der Waals surface area contributed by atoms with Crippen LogP contribution in [0.2, 0.25) is 0 Å². The molecule has 3 aromatic rings. The predicted octanol–water partition coefficient (Wildman–Crippen LogP) is 3.07. The van der Waals surface area contributed by atoms with E-state index < -0.39 is 12.1 Å². The van der Waals surface area contributed by atoms with E-state index in [1.54, 1.807) is 4.68 Å². The minimum Gasteiger partial charge on any atom is -0.447 e. The van der Waals surface area contributed by atoms with Crippen molar-refractivity contribution in [1.29, 1.82) is 0 Å². The van der Waals surface area contributed by atoms with Gasteiger partial charge < -0.3 is 10.1 Å². The summed E-state index contributed by atoms with van der Waals surface area (Å²) >= 11 is 1.50. The molecule has 0 bridgehead atoms. The fourth-order valence-corrected chi connectivity index (χ4v) is 3.07. The summed E-state index contributed by atoms with van der Waals surface area (Å²) in [5.41, 5.74) is 0.779. The molecule has 1 aromatic carbocycles. The highest BCUT2D eigenvalue weighted by atomic mass is 32.1. The first-order valence-corrected chi connectivity index (χ1v) is 9.53. The van der Waals surface area contributed by atoms with Crippen molar-refractivity contribution in [2.45, 2.75) is 26.4 Å². The van der Waals surface area contributed by atoms with E-state index in [0.717, 1.165) is 17.0 Å². The number of hydrogen-bond donors (Lipinski definition) is 1. The van der Waals surface area contributed by atoms with Crippen molar-refractivity contribution >= 4 is 23.2 Å². The Morgan fingerprint density at radius 2 is 2.00 bits per heavy atom. The van der Waals surface area contributed by atoms with Crippen LogP contribution in [0.3, 0.4) is 0 Å². The number of ether oxygens (including phenoxy) is 1. The highest BCUT2D eigenvalue weighted by molar-refractivity contribution is 7.13. The van der Waals surface area contributed by atoms with E-state index in [0.29, 0.717) is 12.4 Å². The van der Waals surface area contributed by atoms with Gasteiger partial charge in [0.25, 0.3) is 11.7 Å². The van der Waals surface area contributed by atoms with Crippen LogP contribution >= 0.6 is 11.3 Å². The third kappa shape index (κ3) is 4.40. The number of hydrogen-bond acceptors (Lipinski definition) is 6. The van der Waals surface area contributed by atoms with Gasteiger partial charge in [-0.05, 0) is 36.9 Å². The molecular formula is C19H20N4O3S. The molecule has 0 unspecified atom stereocenters. The number of thiophene rings is 1. The van der Waals surface area contributed by atoms with E-state index in [4.69, 9.17) is 4.74 Å². The molecule has 7 nitrogen and oxygen atoms in total. The van der Waals surface area contributed by atoms with Crippen molar-refractivity contribution in [3.05, 3.63) is 53.7 Å². The van der Waals surface area contributed by atoms with Gasteiger partial charge in [0.05, 0.1) is 10.6 Å². The maximum atomic E-state index is 12.5. The number of rotatable bonds is 7. The lowest BCUT2D eigenvalue weighted by atomic mass is 10.3. The molecule has 27 heavy (non-hydrogen) atoms. The lowest BCUT2D eigenvalue weighted by Gasteiger charge is -2.11. The number of amides is 1. The summed E-state index contributed by atoms with van der Waals surface area (Å²) in [4.78, 5) is 29.6. The standard InChI is InChI=1S/C19H20N4O3S/c1-3-11-20-18(24)13(2)26-19(25)16-21-17(15-10-7-12-27-15)23(22-16)14-8-5-4-6-9-14/h4-10,12-13H,3,11H2,1-2H3,(H,20,24)/t13-/m1/s1. The number of nitrogens with one attached hydrogen (secondary N) is 1. The Morgan fingerprint density at radius 1 is 1.22 bits per heavy atom. The van der Waals surface area contributed by atoms with Crippen LogP contribution in [-0.4, -0.2) is 39.3 Å². The molecule has 8 heteroatoms. The fraction of sp³-hybridized carbons (Fsp3) is 0.263. The number of para-hydroxylation sites is 1. The second-order valence-electron chi connectivity index (χ2n) is 5.82. The topological polar surface area (TPSA) is 86.1 Å². The molecule has 140 valence electrons. The molecule has 0 saturated heterocycles. The molecule has 0 fully saturated rings. The third-order valence-electron chi connectivity index (χ3n) is 3.73. The zero-order chi connectivity index (χ0) is 19.2. The molecule has 1 N–H and O–H groups in total. The molecule has 0 radical (unpaired) electrons. The van der Waals surface area contributed by atoms with Gasteiger partial charge in [-0.25, -0.2) is 9.48 Å². The van der Waals surface area contributed by atoms with Crippen molar-refractivity contribution in [3.8, 4) is 16.4 Å². The number of aromatic nitrogens is 3. The normalized spacial score (nSPS) is 11.8. The van der Waals surface area contributed by atoms with E-state index in [1.165, 1.54) is 18.3 Å². The SMILES string of the molecule is CCCNC(=O)[C@@H](C)OC(=O)c1nc(-c2cccs2)n(-c2ccccc2)n1. The van der Waals surface area contributed by atoms with Gasteiger partial charge >= 0.3 is 5.97 Å². The van der Waals surface area contributed by atoms with Crippen LogP contribution in [0.5, 0.6) is 0 Å². The van der Waals surface area contributed by atoms with E-state index in [9.17, 15) is 9.59 Å². The van der Waals surface area contributed by atoms with Gasteiger partial charge in [-0.1, -0.05) is 31.2 Å². The smallest absolute Gasteiger partial charge is 0.379 e. The Kier molecular flexibility index (Phi) is 5.97. The van der Waals surface area contributed by atoms with Crippen LogP contribution < -0.4 is 5.32 Å². The van der Waals surface area contributed by atoms with Crippen LogP contribution in [0.1, 0.15) is 30.9 Å². The van der Waals surface area contributed by atoms with Gasteiger partial charge in [-0.15, -0.1) is 16.4 Å². The molecule has 2 heterocycles. The molecule has 0 aliphatic heterocycles. The summed E-state index contributed by atoms with van der Waals surface area (Å²) in [6.07, 6.45) is -0.113. The summed E-state index contributed by atoms with van der Waals surface area (Å²) < 4.78 is 6.83. The molecule has 1 amide bonds. The number of carbonyl (C=O) groups is 2. The highest BCUT2D eigenvalue weighted by Gasteiger charge is 2.24. The highest BCUT2D eigenvalue weighted by Crippen LogP contribution is 2.25. The van der Waals surface area contributed by atoms with Crippen LogP contribution in [-0.2, 0) is 9.53 Å². The lowest BCUT2D eigenvalue weighted by molar-refractivity contribution is -0.129. The first-order valence-electron chi connectivity index (χ1n) is 8.65. The largest absolute Gasteiger partial charge is 0.447 e. The van der Waals surface area contributed by atoms with Gasteiger partial charge in [-0.2, -0.15) is 4.98 Å². The minimum absolute atomic E-state index is 0.0857. The second-order valence-corrected chi connectivity index (χ2v) is 6.77. The first-order chi connectivity index (χ1) is 13.1. The van der Waals surface area contributed by atoms with Gasteiger partial charge in [-0.3, -0.25) is 4.79 Å². The molecule has 0 aliphatic rings. The summed E-state index contributed by atoms with van der Waals surface area (Å²) in [6.45, 7) is 4.00. The molecule has 3 rings (SSSR count). The average molecular weight is 384 g/mol. The van der Waals surface area contributed by atoms with Crippen molar-refractivity contribution in [2.24, 2.45) is 0 Å². The Bertz CT molecular complexity index is 906. The van der Waals surface area contributed by atoms with E-state index in [1.807, 2.05) is 54.8 Å². The van der Waals surface area contributed by atoms with Crippen LogP contribution in [0, 0.1) is 0 Å². The van der Waals surface area contributed by atoms with Crippen molar-refractivity contribution in [2.75, 3.05) is 6.54 Å². The zero-order valence-corrected chi connectivity index (χ0v) is 15.9. The summed E-state index contributed by atoms with van der Waals surface area (Å²) in [7, 11) is 0. The zero-order valence-electron chi connectivity index (χ0n) is 15.1. The minimum atomic E-state index is -0.919. The van der Waals surface area contributed by atoms with E-state index in [2.05, 4.69) is 15.4 Å². The van der Waals surface area contributed by atoms with Gasteiger partial charge in [0, 0.05) is 6.54 Å². The lowest BCUT2D eigenvalue weighted by Crippen LogP contribution is -2.36. The number of benzene rings is 1. The Hall–Kier alpha value is -3.00. The molecular weight excluding hydrogens is 364 g/mol. The third-order valence-corrected chi connectivity index (χ3v) is 4.60. The van der Waals surface area contributed by atoms with Crippen molar-refractivity contribution < 1.29 is 14.3 Å². The van der Waals surface area contributed by atoms with E-state index in [-0.39, 0.29) is 11.7 Å². The summed E-state index contributed by atoms with van der Waals surface area (Å²) in [6, 6.07) is 13.2. The molecule has 1 atom stereocenters. The van der Waals surface area contributed by atoms with Crippen LogP contribution in [0.15, 0.2) is 47.8 Å². The predicted molar refractivity (Wildman–Crippen MR) is 103 cm³/mol. The summed E-state index contributed by atoms with van der Waals surface area (Å²) in [5.74, 6) is -0.614. The molecule has 2 aromatic heterocycles. The van der Waals surface area contributed by atoms with Crippen LogP contribution in [0.25, 0.3) is 16.4 Å². The maximum Gasteiger partial charge on any atom is 0.379 e. The van der Waals surface area contributed by atoms with Crippen molar-refractivity contribution in [1.82, 2.24) is 20.1 Å². The van der Waals surface area contributed by atoms with Gasteiger partial charge in [0.1, 0.15) is 0 Å². The average Bonchev–Trinajstić information content (AvgIpc) is 3.36. The van der Waals surface area contributed by atoms with Crippen LogP contribution in [0.4, 0.5) is 0 Å². The fourth-order valence-electron chi connectivity index (χ4n) is 2.37. The molecule has 0 spiro atoms. The summed E-state index contributed by atoms with van der Waals surface area (Å²) in [5, 5.41) is 8.94. The van der Waals surface area contributed by atoms with Gasteiger partial charge in [0.15, 0.2) is 11.9 Å². The van der Waals surface area contributed by atoms with E-state index >= 15 is 0 Å². The second kappa shape index (κ2) is 8.59. The molecule has 0 saturated carbocycles. The molecule has 0 aliphatic carbocycles. The number of carbonyl (C=O) groups excluding carboxylic acids is 2. The maximum absolute atomic E-state index is 12.5. The number of nitrogens with zero attached hydrogens (tertiary/aromatic N) is 3. The van der Waals surface area contributed by atoms with Crippen molar-refractivity contribution in [3.63, 3.8) is 0 Å². The Labute approximate surface area is 161 Å². The Morgan fingerprint density at radius 3 is 2.67 bits per heavy atom.